The first kappa shape index (κ1) is 16.4. The number of likely N-dealkylation sites (tertiary alicyclic amines) is 1. The predicted molar refractivity (Wildman–Crippen MR) is 89.8 cm³/mol. The van der Waals surface area contributed by atoms with Crippen LogP contribution in [0.25, 0.3) is 6.08 Å². The van der Waals surface area contributed by atoms with Gasteiger partial charge in [-0.15, -0.1) is 0 Å². The first-order valence-electron chi connectivity index (χ1n) is 8.12. The van der Waals surface area contributed by atoms with E-state index < -0.39 is 0 Å². The number of hydrogen-bond acceptors (Lipinski definition) is 4. The molecule has 6 heteroatoms. The summed E-state index contributed by atoms with van der Waals surface area (Å²) in [6.45, 7) is 1.68. The highest BCUT2D eigenvalue weighted by Gasteiger charge is 2.24. The van der Waals surface area contributed by atoms with E-state index in [0.29, 0.717) is 11.5 Å². The molecule has 2 heterocycles. The first-order valence-corrected chi connectivity index (χ1v) is 8.12. The van der Waals surface area contributed by atoms with Crippen molar-refractivity contribution >= 4 is 17.9 Å². The fourth-order valence-electron chi connectivity index (χ4n) is 3.12. The molecule has 1 aromatic rings. The van der Waals surface area contributed by atoms with Crippen molar-refractivity contribution in [3.63, 3.8) is 0 Å². The maximum absolute atomic E-state index is 12.5. The van der Waals surface area contributed by atoms with E-state index in [-0.39, 0.29) is 24.8 Å². The number of nitrogens with zero attached hydrogens (tertiary/aromatic N) is 2. The Hall–Kier alpha value is -2.50. The molecule has 0 spiro atoms. The molecule has 1 fully saturated rings. The number of methoxy groups -OCH3 is 2. The lowest BCUT2D eigenvalue weighted by Crippen LogP contribution is -2.39. The normalized spacial score (nSPS) is 16.8. The number of benzene rings is 1. The molecule has 3 rings (SSSR count). The van der Waals surface area contributed by atoms with Crippen LogP contribution < -0.4 is 9.47 Å². The fourth-order valence-corrected chi connectivity index (χ4v) is 3.12. The zero-order chi connectivity index (χ0) is 17.1. The Morgan fingerprint density at radius 3 is 2.46 bits per heavy atom. The van der Waals surface area contributed by atoms with Crippen molar-refractivity contribution in [2.24, 2.45) is 0 Å². The average Bonchev–Trinajstić information content (AvgIpc) is 3.08. The second-order valence-corrected chi connectivity index (χ2v) is 6.01. The van der Waals surface area contributed by atoms with Crippen molar-refractivity contribution in [1.29, 1.82) is 0 Å². The van der Waals surface area contributed by atoms with Crippen molar-refractivity contribution in [2.75, 3.05) is 33.9 Å². The monoisotopic (exact) mass is 330 g/mol. The lowest BCUT2D eigenvalue weighted by molar-refractivity contribution is -0.137. The van der Waals surface area contributed by atoms with Gasteiger partial charge < -0.3 is 19.3 Å². The summed E-state index contributed by atoms with van der Waals surface area (Å²) in [5.74, 6) is 1.13. The highest BCUT2D eigenvalue weighted by atomic mass is 16.5. The second-order valence-electron chi connectivity index (χ2n) is 6.01. The van der Waals surface area contributed by atoms with E-state index in [1.165, 1.54) is 4.90 Å². The van der Waals surface area contributed by atoms with Crippen LogP contribution in [0.4, 0.5) is 0 Å². The van der Waals surface area contributed by atoms with Crippen molar-refractivity contribution < 1.29 is 19.1 Å². The van der Waals surface area contributed by atoms with Crippen LogP contribution in [-0.4, -0.2) is 55.5 Å². The van der Waals surface area contributed by atoms with E-state index in [9.17, 15) is 9.59 Å². The molecule has 1 aromatic carbocycles. The lowest BCUT2D eigenvalue weighted by atomic mass is 10.0. The Kier molecular flexibility index (Phi) is 4.74. The van der Waals surface area contributed by atoms with Crippen LogP contribution in [0.15, 0.2) is 18.3 Å². The highest BCUT2D eigenvalue weighted by Crippen LogP contribution is 2.32. The van der Waals surface area contributed by atoms with E-state index in [0.717, 1.165) is 37.1 Å². The molecule has 2 aliphatic heterocycles. The third-order valence-corrected chi connectivity index (χ3v) is 4.51. The standard InChI is InChI=1S/C18H22N2O4/c1-23-15-9-13-5-8-20(12-18(22)19-6-3-4-7-19)17(21)11-14(13)10-16(15)24-2/h5,8-10H,3-4,6-7,11-12H2,1-2H3. The van der Waals surface area contributed by atoms with Gasteiger partial charge in [-0.25, -0.2) is 0 Å². The topological polar surface area (TPSA) is 59.1 Å². The van der Waals surface area contributed by atoms with Crippen molar-refractivity contribution in [3.05, 3.63) is 29.5 Å². The SMILES string of the molecule is COc1cc2c(cc1OC)CC(=O)N(CC(=O)N1CCCC1)C=C2. The number of rotatable bonds is 4. The molecule has 0 saturated carbocycles. The van der Waals surface area contributed by atoms with Crippen LogP contribution in [0.2, 0.25) is 0 Å². The molecule has 0 bridgehead atoms. The fraction of sp³-hybridized carbons (Fsp3) is 0.444. The van der Waals surface area contributed by atoms with Gasteiger partial charge in [0.15, 0.2) is 11.5 Å². The van der Waals surface area contributed by atoms with Crippen LogP contribution in [-0.2, 0) is 16.0 Å². The zero-order valence-corrected chi connectivity index (χ0v) is 14.1. The lowest BCUT2D eigenvalue weighted by Gasteiger charge is -2.21. The highest BCUT2D eigenvalue weighted by molar-refractivity contribution is 5.89. The van der Waals surface area contributed by atoms with E-state index in [2.05, 4.69) is 0 Å². The maximum atomic E-state index is 12.5. The average molecular weight is 330 g/mol. The molecule has 0 aliphatic carbocycles. The summed E-state index contributed by atoms with van der Waals surface area (Å²) in [4.78, 5) is 28.1. The molecule has 0 N–H and O–H groups in total. The molecule has 0 aromatic heterocycles. The number of carbonyl (C=O) groups excluding carboxylic acids is 2. The van der Waals surface area contributed by atoms with Gasteiger partial charge in [0.1, 0.15) is 6.54 Å². The third kappa shape index (κ3) is 3.22. The first-order chi connectivity index (χ1) is 11.6. The summed E-state index contributed by atoms with van der Waals surface area (Å²) < 4.78 is 10.6. The summed E-state index contributed by atoms with van der Waals surface area (Å²) in [6.07, 6.45) is 5.85. The summed E-state index contributed by atoms with van der Waals surface area (Å²) >= 11 is 0. The van der Waals surface area contributed by atoms with E-state index >= 15 is 0 Å². The molecular formula is C18H22N2O4. The number of fused-ring (bicyclic) bond motifs is 1. The van der Waals surface area contributed by atoms with Crippen LogP contribution in [0.1, 0.15) is 24.0 Å². The molecule has 128 valence electrons. The van der Waals surface area contributed by atoms with E-state index in [1.807, 2.05) is 23.1 Å². The molecule has 0 atom stereocenters. The van der Waals surface area contributed by atoms with E-state index in [4.69, 9.17) is 9.47 Å². The molecule has 6 nitrogen and oxygen atoms in total. The summed E-state index contributed by atoms with van der Waals surface area (Å²) in [5, 5.41) is 0. The third-order valence-electron chi connectivity index (χ3n) is 4.51. The van der Waals surface area contributed by atoms with Gasteiger partial charge in [-0.2, -0.15) is 0 Å². The van der Waals surface area contributed by atoms with Crippen molar-refractivity contribution in [1.82, 2.24) is 9.80 Å². The smallest absolute Gasteiger partial charge is 0.242 e. The van der Waals surface area contributed by atoms with Gasteiger partial charge in [-0.05, 0) is 42.2 Å². The molecule has 0 radical (unpaired) electrons. The van der Waals surface area contributed by atoms with Crippen LogP contribution in [0.5, 0.6) is 11.5 Å². The number of ether oxygens (including phenoxy) is 2. The molecule has 24 heavy (non-hydrogen) atoms. The molecule has 2 amide bonds. The van der Waals surface area contributed by atoms with Gasteiger partial charge in [0.25, 0.3) is 0 Å². The quantitative estimate of drug-likeness (QED) is 0.843. The Morgan fingerprint density at radius 1 is 1.12 bits per heavy atom. The summed E-state index contributed by atoms with van der Waals surface area (Å²) in [5.41, 5.74) is 1.77. The van der Waals surface area contributed by atoms with Crippen molar-refractivity contribution in [3.8, 4) is 11.5 Å². The van der Waals surface area contributed by atoms with Crippen LogP contribution in [0.3, 0.4) is 0 Å². The minimum absolute atomic E-state index is 0.00613. The van der Waals surface area contributed by atoms with Crippen LogP contribution in [0, 0.1) is 0 Å². The number of amides is 2. The van der Waals surface area contributed by atoms with Gasteiger partial charge >= 0.3 is 0 Å². The summed E-state index contributed by atoms with van der Waals surface area (Å²) in [7, 11) is 3.15. The van der Waals surface area contributed by atoms with E-state index in [1.54, 1.807) is 20.4 Å². The minimum Gasteiger partial charge on any atom is -0.493 e. The van der Waals surface area contributed by atoms with Gasteiger partial charge in [0, 0.05) is 19.3 Å². The van der Waals surface area contributed by atoms with Gasteiger partial charge in [-0.1, -0.05) is 0 Å². The zero-order valence-electron chi connectivity index (χ0n) is 14.1. The maximum Gasteiger partial charge on any atom is 0.242 e. The Bertz CT molecular complexity index is 678. The Balaban J connectivity index is 1.79. The van der Waals surface area contributed by atoms with Crippen LogP contribution >= 0.6 is 0 Å². The number of hydrogen-bond donors (Lipinski definition) is 0. The second kappa shape index (κ2) is 6.95. The van der Waals surface area contributed by atoms with Gasteiger partial charge in [0.2, 0.25) is 11.8 Å². The van der Waals surface area contributed by atoms with Gasteiger partial charge in [-0.3, -0.25) is 9.59 Å². The molecule has 2 aliphatic rings. The summed E-state index contributed by atoms with van der Waals surface area (Å²) in [6, 6.07) is 3.67. The predicted octanol–water partition coefficient (Wildman–Crippen LogP) is 1.68. The molecule has 1 saturated heterocycles. The molecular weight excluding hydrogens is 308 g/mol. The Labute approximate surface area is 141 Å². The minimum atomic E-state index is -0.0928. The molecule has 0 unspecified atom stereocenters. The Morgan fingerprint density at radius 2 is 1.79 bits per heavy atom. The van der Waals surface area contributed by atoms with Crippen molar-refractivity contribution in [2.45, 2.75) is 19.3 Å². The largest absolute Gasteiger partial charge is 0.493 e. The number of carbonyl (C=O) groups is 2. The van der Waals surface area contributed by atoms with Gasteiger partial charge in [0.05, 0.1) is 20.6 Å².